The molecule has 2 aromatic rings. The Bertz CT molecular complexity index is 787. The van der Waals surface area contributed by atoms with Crippen LogP contribution < -0.4 is 10.1 Å². The average molecular weight is 383 g/mol. The number of nitrogens with one attached hydrogen (secondary N) is 1. The molecule has 3 rings (SSSR count). The van der Waals surface area contributed by atoms with Gasteiger partial charge in [0, 0.05) is 13.0 Å². The van der Waals surface area contributed by atoms with Gasteiger partial charge in [-0.3, -0.25) is 4.79 Å². The van der Waals surface area contributed by atoms with Gasteiger partial charge in [0.1, 0.15) is 18.4 Å². The summed E-state index contributed by atoms with van der Waals surface area (Å²) in [6, 6.07) is 16.7. The number of hydrogen-bond donors (Lipinski definition) is 1. The van der Waals surface area contributed by atoms with Crippen LogP contribution >= 0.6 is 0 Å². The molecule has 1 N–H and O–H groups in total. The van der Waals surface area contributed by atoms with Crippen LogP contribution in [0.3, 0.4) is 0 Å². The molecular weight excluding hydrogens is 358 g/mol. The summed E-state index contributed by atoms with van der Waals surface area (Å²) in [6.45, 7) is 1.42. The van der Waals surface area contributed by atoms with Crippen molar-refractivity contribution in [2.75, 3.05) is 20.3 Å². The second-order valence-corrected chi connectivity index (χ2v) is 6.77. The van der Waals surface area contributed by atoms with Crippen LogP contribution in [0.25, 0.3) is 0 Å². The molecule has 0 unspecified atom stereocenters. The molecule has 6 nitrogen and oxygen atoms in total. The largest absolute Gasteiger partial charge is 0.489 e. The number of hydrogen-bond acceptors (Lipinski definition) is 5. The second kappa shape index (κ2) is 9.90. The maximum atomic E-state index is 12.4. The van der Waals surface area contributed by atoms with Crippen LogP contribution in [0, 0.1) is 5.92 Å². The van der Waals surface area contributed by atoms with Crippen molar-refractivity contribution in [2.24, 2.45) is 5.92 Å². The molecule has 1 fully saturated rings. The molecule has 1 aliphatic heterocycles. The Hall–Kier alpha value is -2.86. The van der Waals surface area contributed by atoms with Gasteiger partial charge in [0.25, 0.3) is 0 Å². The Kier molecular flexibility index (Phi) is 7.03. The van der Waals surface area contributed by atoms with Crippen molar-refractivity contribution in [3.8, 4) is 5.75 Å². The maximum absolute atomic E-state index is 12.4. The van der Waals surface area contributed by atoms with E-state index in [0.29, 0.717) is 38.4 Å². The highest BCUT2D eigenvalue weighted by Crippen LogP contribution is 2.18. The molecule has 2 atom stereocenters. The molecule has 6 heteroatoms. The third-order valence-electron chi connectivity index (χ3n) is 4.69. The topological polar surface area (TPSA) is 73.9 Å². The third-order valence-corrected chi connectivity index (χ3v) is 4.69. The Morgan fingerprint density at radius 1 is 1.14 bits per heavy atom. The summed E-state index contributed by atoms with van der Waals surface area (Å²) in [6.07, 6.45) is 0.997. The van der Waals surface area contributed by atoms with Crippen molar-refractivity contribution in [1.82, 2.24) is 5.32 Å². The van der Waals surface area contributed by atoms with Gasteiger partial charge in [-0.05, 0) is 29.7 Å². The summed E-state index contributed by atoms with van der Waals surface area (Å²) in [5.74, 6) is -0.152. The number of carbonyl (C=O) groups is 2. The first kappa shape index (κ1) is 19.9. The zero-order valence-corrected chi connectivity index (χ0v) is 15.9. The molecule has 28 heavy (non-hydrogen) atoms. The van der Waals surface area contributed by atoms with E-state index in [0.717, 1.165) is 11.1 Å². The van der Waals surface area contributed by atoms with Crippen molar-refractivity contribution < 1.29 is 23.8 Å². The van der Waals surface area contributed by atoms with Gasteiger partial charge in [0.2, 0.25) is 5.91 Å². The Labute approximate surface area is 164 Å². The fourth-order valence-electron chi connectivity index (χ4n) is 3.11. The SMILES string of the molecule is COC(=O)[C@H](Cc1cccc(OCc2ccccc2)c1)NC(=O)[C@@H]1CCOC1. The van der Waals surface area contributed by atoms with Crippen LogP contribution in [-0.2, 0) is 32.1 Å². The normalized spacial score (nSPS) is 17.0. The standard InChI is InChI=1S/C22H25NO5/c1-26-22(25)20(23-21(24)18-10-11-27-15-18)13-17-8-5-9-19(12-17)28-14-16-6-3-2-4-7-16/h2-9,12,18,20H,10-11,13-15H2,1H3,(H,23,24)/t18-,20+/m1/s1. The molecule has 1 aliphatic rings. The molecule has 0 bridgehead atoms. The summed E-state index contributed by atoms with van der Waals surface area (Å²) in [4.78, 5) is 24.5. The molecule has 0 aromatic heterocycles. The van der Waals surface area contributed by atoms with Crippen molar-refractivity contribution in [3.63, 3.8) is 0 Å². The smallest absolute Gasteiger partial charge is 0.328 e. The van der Waals surface area contributed by atoms with Gasteiger partial charge in [-0.2, -0.15) is 0 Å². The lowest BCUT2D eigenvalue weighted by atomic mass is 10.0. The maximum Gasteiger partial charge on any atom is 0.328 e. The fourth-order valence-corrected chi connectivity index (χ4v) is 3.11. The van der Waals surface area contributed by atoms with Gasteiger partial charge in [0.05, 0.1) is 19.6 Å². The minimum Gasteiger partial charge on any atom is -0.489 e. The van der Waals surface area contributed by atoms with E-state index in [1.807, 2.05) is 54.6 Å². The Morgan fingerprint density at radius 2 is 1.93 bits per heavy atom. The van der Waals surface area contributed by atoms with E-state index in [1.165, 1.54) is 7.11 Å². The van der Waals surface area contributed by atoms with E-state index in [4.69, 9.17) is 14.2 Å². The molecule has 0 saturated carbocycles. The predicted molar refractivity (Wildman–Crippen MR) is 104 cm³/mol. The number of benzene rings is 2. The lowest BCUT2D eigenvalue weighted by molar-refractivity contribution is -0.145. The molecule has 148 valence electrons. The number of amides is 1. The van der Waals surface area contributed by atoms with Gasteiger partial charge in [-0.25, -0.2) is 4.79 Å². The molecule has 0 spiro atoms. The molecule has 0 radical (unpaired) electrons. The second-order valence-electron chi connectivity index (χ2n) is 6.77. The number of rotatable bonds is 8. The minimum absolute atomic E-state index is 0.176. The lowest BCUT2D eigenvalue weighted by Crippen LogP contribution is -2.45. The van der Waals surface area contributed by atoms with Crippen molar-refractivity contribution >= 4 is 11.9 Å². The molecule has 1 saturated heterocycles. The quantitative estimate of drug-likeness (QED) is 0.709. The predicted octanol–water partition coefficient (Wildman–Crippen LogP) is 2.50. The first-order valence-corrected chi connectivity index (χ1v) is 9.37. The monoisotopic (exact) mass is 383 g/mol. The summed E-state index contributed by atoms with van der Waals surface area (Å²) < 4.78 is 16.0. The van der Waals surface area contributed by atoms with Crippen molar-refractivity contribution in [2.45, 2.75) is 25.5 Å². The lowest BCUT2D eigenvalue weighted by Gasteiger charge is -2.19. The van der Waals surface area contributed by atoms with Crippen molar-refractivity contribution in [3.05, 3.63) is 65.7 Å². The van der Waals surface area contributed by atoms with E-state index in [2.05, 4.69) is 5.32 Å². The fraction of sp³-hybridized carbons (Fsp3) is 0.364. The molecular formula is C22H25NO5. The highest BCUT2D eigenvalue weighted by atomic mass is 16.5. The Morgan fingerprint density at radius 3 is 2.64 bits per heavy atom. The molecule has 1 amide bonds. The van der Waals surface area contributed by atoms with Crippen LogP contribution in [-0.4, -0.2) is 38.2 Å². The van der Waals surface area contributed by atoms with E-state index in [-0.39, 0.29) is 11.8 Å². The van der Waals surface area contributed by atoms with Gasteiger partial charge >= 0.3 is 5.97 Å². The molecule has 0 aliphatic carbocycles. The Balaban J connectivity index is 1.63. The summed E-state index contributed by atoms with van der Waals surface area (Å²) in [5.41, 5.74) is 1.95. The van der Waals surface area contributed by atoms with E-state index < -0.39 is 12.0 Å². The summed E-state index contributed by atoms with van der Waals surface area (Å²) in [7, 11) is 1.32. The highest BCUT2D eigenvalue weighted by molar-refractivity contribution is 5.86. The number of ether oxygens (including phenoxy) is 3. The highest BCUT2D eigenvalue weighted by Gasteiger charge is 2.28. The minimum atomic E-state index is -0.748. The first-order valence-electron chi connectivity index (χ1n) is 9.37. The zero-order chi connectivity index (χ0) is 19.8. The van der Waals surface area contributed by atoms with Crippen LogP contribution in [0.2, 0.25) is 0 Å². The average Bonchev–Trinajstić information content (AvgIpc) is 3.27. The summed E-state index contributed by atoms with van der Waals surface area (Å²) >= 11 is 0. The third kappa shape index (κ3) is 5.57. The number of carbonyl (C=O) groups excluding carboxylic acids is 2. The van der Waals surface area contributed by atoms with Gasteiger partial charge < -0.3 is 19.5 Å². The van der Waals surface area contributed by atoms with E-state index >= 15 is 0 Å². The first-order chi connectivity index (χ1) is 13.7. The number of methoxy groups -OCH3 is 1. The summed E-state index contributed by atoms with van der Waals surface area (Å²) in [5, 5.41) is 2.80. The van der Waals surface area contributed by atoms with Gasteiger partial charge in [-0.1, -0.05) is 42.5 Å². The van der Waals surface area contributed by atoms with Crippen molar-refractivity contribution in [1.29, 1.82) is 0 Å². The molecule has 2 aromatic carbocycles. The van der Waals surface area contributed by atoms with Crippen LogP contribution in [0.5, 0.6) is 5.75 Å². The van der Waals surface area contributed by atoms with Gasteiger partial charge in [-0.15, -0.1) is 0 Å². The van der Waals surface area contributed by atoms with E-state index in [9.17, 15) is 9.59 Å². The zero-order valence-electron chi connectivity index (χ0n) is 15.9. The van der Waals surface area contributed by atoms with Crippen LogP contribution in [0.4, 0.5) is 0 Å². The van der Waals surface area contributed by atoms with Gasteiger partial charge in [0.15, 0.2) is 0 Å². The number of esters is 1. The molecule has 1 heterocycles. The van der Waals surface area contributed by atoms with E-state index in [1.54, 1.807) is 0 Å². The van der Waals surface area contributed by atoms with Crippen LogP contribution in [0.15, 0.2) is 54.6 Å². The van der Waals surface area contributed by atoms with Crippen LogP contribution in [0.1, 0.15) is 17.5 Å².